The van der Waals surface area contributed by atoms with Gasteiger partial charge in [-0.15, -0.1) is 0 Å². The second-order valence-electron chi connectivity index (χ2n) is 5.61. The number of nitrogens with one attached hydrogen (secondary N) is 1. The number of rotatable bonds is 7. The second-order valence-corrected chi connectivity index (χ2v) is 7.32. The molecule has 0 heterocycles. The van der Waals surface area contributed by atoms with Gasteiger partial charge in [-0.3, -0.25) is 4.79 Å². The molecule has 0 aromatic heterocycles. The Morgan fingerprint density at radius 2 is 1.91 bits per heavy atom. The largest absolute Gasteiger partial charge is 0.480 e. The normalized spacial score (nSPS) is 12.9. The van der Waals surface area contributed by atoms with E-state index >= 15 is 0 Å². The molecule has 1 unspecified atom stereocenters. The monoisotopic (exact) mass is 343 g/mol. The number of carboxylic acid groups (broad SMARTS) is 1. The van der Waals surface area contributed by atoms with Crippen LogP contribution in [0.15, 0.2) is 23.1 Å². The van der Waals surface area contributed by atoms with Crippen LogP contribution in [0.4, 0.5) is 0 Å². The fourth-order valence-electron chi connectivity index (χ4n) is 2.02. The maximum Gasteiger partial charge on any atom is 0.338 e. The molecular weight excluding hydrogens is 322 g/mol. The van der Waals surface area contributed by atoms with Crippen molar-refractivity contribution in [2.24, 2.45) is 5.92 Å². The lowest BCUT2D eigenvalue weighted by molar-refractivity contribution is -0.139. The fourth-order valence-corrected chi connectivity index (χ4v) is 3.25. The number of methoxy groups -OCH3 is 1. The van der Waals surface area contributed by atoms with Crippen molar-refractivity contribution in [3.05, 3.63) is 29.3 Å². The summed E-state index contributed by atoms with van der Waals surface area (Å²) in [6.07, 6.45) is 0.157. The van der Waals surface area contributed by atoms with Gasteiger partial charge < -0.3 is 9.84 Å². The average molecular weight is 343 g/mol. The van der Waals surface area contributed by atoms with Gasteiger partial charge in [0, 0.05) is 0 Å². The summed E-state index contributed by atoms with van der Waals surface area (Å²) in [4.78, 5) is 22.7. The molecule has 0 saturated heterocycles. The number of hydrogen-bond acceptors (Lipinski definition) is 5. The van der Waals surface area contributed by atoms with E-state index in [2.05, 4.69) is 9.46 Å². The molecule has 0 bridgehead atoms. The van der Waals surface area contributed by atoms with Gasteiger partial charge in [-0.2, -0.15) is 4.72 Å². The Hall–Kier alpha value is -1.93. The number of sulfonamides is 1. The first-order chi connectivity index (χ1) is 10.6. The van der Waals surface area contributed by atoms with Crippen molar-refractivity contribution in [2.75, 3.05) is 7.11 Å². The molecule has 0 radical (unpaired) electrons. The van der Waals surface area contributed by atoms with E-state index in [4.69, 9.17) is 5.11 Å². The Labute approximate surface area is 135 Å². The van der Waals surface area contributed by atoms with E-state index < -0.39 is 28.0 Å². The summed E-state index contributed by atoms with van der Waals surface area (Å²) in [6, 6.07) is 2.73. The first-order valence-electron chi connectivity index (χ1n) is 7.02. The quantitative estimate of drug-likeness (QED) is 0.727. The summed E-state index contributed by atoms with van der Waals surface area (Å²) in [7, 11) is -2.87. The van der Waals surface area contributed by atoms with Crippen LogP contribution >= 0.6 is 0 Å². The SMILES string of the molecule is COC(=O)c1cc(S(=O)(=O)NC(CC(C)C)C(=O)O)ccc1C. The minimum absolute atomic E-state index is 0.00227. The van der Waals surface area contributed by atoms with Gasteiger partial charge in [0.25, 0.3) is 0 Å². The maximum atomic E-state index is 12.4. The van der Waals surface area contributed by atoms with E-state index in [9.17, 15) is 18.0 Å². The van der Waals surface area contributed by atoms with Gasteiger partial charge in [-0.25, -0.2) is 13.2 Å². The zero-order valence-electron chi connectivity index (χ0n) is 13.5. The lowest BCUT2D eigenvalue weighted by Gasteiger charge is -2.17. The minimum atomic E-state index is -4.07. The molecule has 1 aromatic rings. The average Bonchev–Trinajstić information content (AvgIpc) is 2.45. The molecule has 0 spiro atoms. The van der Waals surface area contributed by atoms with Crippen LogP contribution in [0, 0.1) is 12.8 Å². The summed E-state index contributed by atoms with van der Waals surface area (Å²) in [6.45, 7) is 5.24. The van der Waals surface area contributed by atoms with Gasteiger partial charge in [0.15, 0.2) is 0 Å². The van der Waals surface area contributed by atoms with Crippen LogP contribution in [-0.2, 0) is 19.6 Å². The number of carbonyl (C=O) groups excluding carboxylic acids is 1. The molecule has 1 atom stereocenters. The molecule has 0 fully saturated rings. The van der Waals surface area contributed by atoms with Crippen LogP contribution in [-0.4, -0.2) is 38.6 Å². The van der Waals surface area contributed by atoms with Crippen molar-refractivity contribution >= 4 is 22.0 Å². The third-order valence-electron chi connectivity index (χ3n) is 3.23. The van der Waals surface area contributed by atoms with Crippen LogP contribution < -0.4 is 4.72 Å². The predicted octanol–water partition coefficient (Wildman–Crippen LogP) is 1.56. The third kappa shape index (κ3) is 5.04. The smallest absolute Gasteiger partial charge is 0.338 e. The lowest BCUT2D eigenvalue weighted by atomic mass is 10.1. The van der Waals surface area contributed by atoms with E-state index in [1.807, 2.05) is 0 Å². The maximum absolute atomic E-state index is 12.4. The number of esters is 1. The number of ether oxygens (including phenoxy) is 1. The molecule has 8 heteroatoms. The second kappa shape index (κ2) is 7.56. The number of carboxylic acids is 1. The highest BCUT2D eigenvalue weighted by Crippen LogP contribution is 2.18. The Kier molecular flexibility index (Phi) is 6.28. The van der Waals surface area contributed by atoms with E-state index in [1.165, 1.54) is 25.3 Å². The van der Waals surface area contributed by atoms with Gasteiger partial charge in [-0.05, 0) is 37.0 Å². The summed E-state index contributed by atoms with van der Waals surface area (Å²) in [5.74, 6) is -1.90. The molecule has 7 nitrogen and oxygen atoms in total. The molecule has 1 aromatic carbocycles. The number of aryl methyl sites for hydroxylation is 1. The number of aliphatic carboxylic acids is 1. The molecule has 128 valence electrons. The first kappa shape index (κ1) is 19.1. The molecule has 0 aliphatic carbocycles. The van der Waals surface area contributed by atoms with Gasteiger partial charge in [-0.1, -0.05) is 19.9 Å². The summed E-state index contributed by atoms with van der Waals surface area (Å²) < 4.78 is 31.5. The molecule has 0 saturated carbocycles. The van der Waals surface area contributed by atoms with E-state index in [1.54, 1.807) is 20.8 Å². The zero-order chi connectivity index (χ0) is 17.8. The first-order valence-corrected chi connectivity index (χ1v) is 8.51. The zero-order valence-corrected chi connectivity index (χ0v) is 14.3. The Morgan fingerprint density at radius 3 is 2.39 bits per heavy atom. The van der Waals surface area contributed by atoms with E-state index in [0.29, 0.717) is 5.56 Å². The van der Waals surface area contributed by atoms with Crippen LogP contribution in [0.25, 0.3) is 0 Å². The van der Waals surface area contributed by atoms with Crippen molar-refractivity contribution < 1.29 is 27.9 Å². The predicted molar refractivity (Wildman–Crippen MR) is 83.7 cm³/mol. The minimum Gasteiger partial charge on any atom is -0.480 e. The number of carbonyl (C=O) groups is 2. The highest BCUT2D eigenvalue weighted by molar-refractivity contribution is 7.89. The molecule has 1 rings (SSSR count). The summed E-state index contributed by atoms with van der Waals surface area (Å²) in [5.41, 5.74) is 0.680. The summed E-state index contributed by atoms with van der Waals surface area (Å²) >= 11 is 0. The molecular formula is C15H21NO6S. The highest BCUT2D eigenvalue weighted by Gasteiger charge is 2.27. The Balaban J connectivity index is 3.17. The lowest BCUT2D eigenvalue weighted by Crippen LogP contribution is -2.41. The van der Waals surface area contributed by atoms with E-state index in [-0.39, 0.29) is 22.8 Å². The van der Waals surface area contributed by atoms with Crippen LogP contribution in [0.5, 0.6) is 0 Å². The molecule has 0 aliphatic rings. The van der Waals surface area contributed by atoms with Gasteiger partial charge in [0.05, 0.1) is 17.6 Å². The van der Waals surface area contributed by atoms with Crippen molar-refractivity contribution in [3.63, 3.8) is 0 Å². The van der Waals surface area contributed by atoms with Crippen molar-refractivity contribution in [1.82, 2.24) is 4.72 Å². The van der Waals surface area contributed by atoms with Gasteiger partial charge in [0.2, 0.25) is 10.0 Å². The van der Waals surface area contributed by atoms with Crippen LogP contribution in [0.3, 0.4) is 0 Å². The molecule has 2 N–H and O–H groups in total. The number of benzene rings is 1. The topological polar surface area (TPSA) is 110 Å². The highest BCUT2D eigenvalue weighted by atomic mass is 32.2. The van der Waals surface area contributed by atoms with Crippen LogP contribution in [0.1, 0.15) is 36.2 Å². The fraction of sp³-hybridized carbons (Fsp3) is 0.467. The molecule has 0 amide bonds. The Morgan fingerprint density at radius 1 is 1.30 bits per heavy atom. The van der Waals surface area contributed by atoms with Gasteiger partial charge >= 0.3 is 11.9 Å². The Bertz CT molecular complexity index is 696. The molecule has 23 heavy (non-hydrogen) atoms. The van der Waals surface area contributed by atoms with Crippen LogP contribution in [0.2, 0.25) is 0 Å². The number of hydrogen-bond donors (Lipinski definition) is 2. The summed E-state index contributed by atoms with van der Waals surface area (Å²) in [5, 5.41) is 9.16. The molecule has 0 aliphatic heterocycles. The standard InChI is InChI=1S/C15H21NO6S/c1-9(2)7-13(14(17)18)16-23(20,21)11-6-5-10(3)12(8-11)15(19)22-4/h5-6,8-9,13,16H,7H2,1-4H3,(H,17,18). The van der Waals surface area contributed by atoms with Gasteiger partial charge in [0.1, 0.15) is 6.04 Å². The van der Waals surface area contributed by atoms with Crippen molar-refractivity contribution in [1.29, 1.82) is 0 Å². The van der Waals surface area contributed by atoms with Crippen molar-refractivity contribution in [2.45, 2.75) is 38.1 Å². The van der Waals surface area contributed by atoms with Crippen molar-refractivity contribution in [3.8, 4) is 0 Å². The van der Waals surface area contributed by atoms with E-state index in [0.717, 1.165) is 0 Å². The third-order valence-corrected chi connectivity index (χ3v) is 4.70.